The van der Waals surface area contributed by atoms with Crippen LogP contribution in [-0.4, -0.2) is 28.8 Å². The molecule has 1 aliphatic rings. The van der Waals surface area contributed by atoms with Gasteiger partial charge in [-0.25, -0.2) is 9.78 Å². The summed E-state index contributed by atoms with van der Waals surface area (Å²) >= 11 is 1.60. The lowest BCUT2D eigenvalue weighted by molar-refractivity contribution is 0.159. The fourth-order valence-electron chi connectivity index (χ4n) is 2.16. The molecule has 0 spiro atoms. The van der Waals surface area contributed by atoms with Crippen molar-refractivity contribution in [2.24, 2.45) is 5.92 Å². The summed E-state index contributed by atoms with van der Waals surface area (Å²) in [6, 6.07) is -0.207. The number of aryl methyl sites for hydroxylation is 1. The molecule has 1 saturated carbocycles. The monoisotopic (exact) mass is 297 g/mol. The van der Waals surface area contributed by atoms with Crippen molar-refractivity contribution < 1.29 is 9.90 Å². The normalized spacial score (nSPS) is 17.6. The summed E-state index contributed by atoms with van der Waals surface area (Å²) in [6.45, 7) is 4.27. The SMILES string of the molecule is CCCC(O)CNC(=O)NC(c1nc(C)cs1)C1CC1. The van der Waals surface area contributed by atoms with Crippen LogP contribution < -0.4 is 10.6 Å². The molecule has 2 amide bonds. The summed E-state index contributed by atoms with van der Waals surface area (Å²) in [5, 5.41) is 18.3. The number of carbonyl (C=O) groups excluding carboxylic acids is 1. The highest BCUT2D eigenvalue weighted by molar-refractivity contribution is 7.09. The second-order valence-corrected chi connectivity index (χ2v) is 6.33. The predicted molar refractivity (Wildman–Crippen MR) is 79.8 cm³/mol. The second-order valence-electron chi connectivity index (χ2n) is 5.44. The first-order valence-corrected chi connectivity index (χ1v) is 8.12. The molecular weight excluding hydrogens is 274 g/mol. The third-order valence-electron chi connectivity index (χ3n) is 3.40. The molecule has 3 N–H and O–H groups in total. The molecule has 0 aliphatic heterocycles. The lowest BCUT2D eigenvalue weighted by Gasteiger charge is -2.17. The first kappa shape index (κ1) is 15.3. The van der Waals surface area contributed by atoms with Crippen LogP contribution in [0.4, 0.5) is 4.79 Å². The molecule has 1 fully saturated rings. The average Bonchev–Trinajstić information content (AvgIpc) is 3.16. The van der Waals surface area contributed by atoms with Gasteiger partial charge in [0.05, 0.1) is 12.1 Å². The van der Waals surface area contributed by atoms with Crippen molar-refractivity contribution in [3.63, 3.8) is 0 Å². The van der Waals surface area contributed by atoms with Crippen LogP contribution in [0.25, 0.3) is 0 Å². The van der Waals surface area contributed by atoms with Gasteiger partial charge in [0.2, 0.25) is 0 Å². The third kappa shape index (κ3) is 4.45. The van der Waals surface area contributed by atoms with Crippen molar-refractivity contribution in [2.75, 3.05) is 6.54 Å². The number of aromatic nitrogens is 1. The molecule has 1 heterocycles. The summed E-state index contributed by atoms with van der Waals surface area (Å²) in [4.78, 5) is 16.4. The van der Waals surface area contributed by atoms with Crippen molar-refractivity contribution >= 4 is 17.4 Å². The van der Waals surface area contributed by atoms with Crippen molar-refractivity contribution in [1.29, 1.82) is 0 Å². The highest BCUT2D eigenvalue weighted by Crippen LogP contribution is 2.41. The Kier molecular flexibility index (Phi) is 5.37. The molecule has 112 valence electrons. The van der Waals surface area contributed by atoms with Crippen LogP contribution in [-0.2, 0) is 0 Å². The molecule has 1 aromatic rings. The molecule has 20 heavy (non-hydrogen) atoms. The number of nitrogens with zero attached hydrogens (tertiary/aromatic N) is 1. The van der Waals surface area contributed by atoms with Gasteiger partial charge in [-0.15, -0.1) is 11.3 Å². The molecule has 6 heteroatoms. The van der Waals surface area contributed by atoms with Crippen LogP contribution >= 0.6 is 11.3 Å². The molecule has 0 radical (unpaired) electrons. The van der Waals surface area contributed by atoms with Gasteiger partial charge in [-0.3, -0.25) is 0 Å². The molecule has 2 atom stereocenters. The first-order chi connectivity index (χ1) is 9.60. The standard InChI is InChI=1S/C14H23N3O2S/c1-3-4-11(18)7-15-14(19)17-12(10-5-6-10)13-16-9(2)8-20-13/h8,10-12,18H,3-7H2,1-2H3,(H2,15,17,19). The van der Waals surface area contributed by atoms with E-state index < -0.39 is 6.10 Å². The number of hydrogen-bond donors (Lipinski definition) is 3. The number of aliphatic hydroxyl groups is 1. The van der Waals surface area contributed by atoms with Crippen molar-refractivity contribution in [1.82, 2.24) is 15.6 Å². The number of amides is 2. The van der Waals surface area contributed by atoms with Gasteiger partial charge < -0.3 is 15.7 Å². The zero-order valence-corrected chi connectivity index (χ0v) is 12.9. The van der Waals surface area contributed by atoms with Crippen LogP contribution in [0.5, 0.6) is 0 Å². The Hall–Kier alpha value is -1.14. The molecule has 1 aliphatic carbocycles. The predicted octanol–water partition coefficient (Wildman–Crippen LogP) is 2.36. The molecule has 2 unspecified atom stereocenters. The van der Waals surface area contributed by atoms with Gasteiger partial charge in [0.1, 0.15) is 5.01 Å². The maximum atomic E-state index is 11.9. The van der Waals surface area contributed by atoms with E-state index in [1.807, 2.05) is 19.2 Å². The molecule has 0 aromatic carbocycles. The van der Waals surface area contributed by atoms with E-state index in [2.05, 4.69) is 15.6 Å². The van der Waals surface area contributed by atoms with Gasteiger partial charge in [-0.05, 0) is 32.1 Å². The number of nitrogens with one attached hydrogen (secondary N) is 2. The Morgan fingerprint density at radius 2 is 2.35 bits per heavy atom. The number of carbonyl (C=O) groups is 1. The Balaban J connectivity index is 1.84. The lowest BCUT2D eigenvalue weighted by Crippen LogP contribution is -2.41. The van der Waals surface area contributed by atoms with Gasteiger partial charge in [0.25, 0.3) is 0 Å². The average molecular weight is 297 g/mol. The van der Waals surface area contributed by atoms with Crippen LogP contribution in [0.1, 0.15) is 49.4 Å². The summed E-state index contributed by atoms with van der Waals surface area (Å²) in [5.41, 5.74) is 0.997. The molecule has 0 bridgehead atoms. The highest BCUT2D eigenvalue weighted by Gasteiger charge is 2.35. The number of urea groups is 1. The van der Waals surface area contributed by atoms with E-state index in [0.717, 1.165) is 30.0 Å². The fraction of sp³-hybridized carbons (Fsp3) is 0.714. The topological polar surface area (TPSA) is 74.2 Å². The van der Waals surface area contributed by atoms with E-state index in [0.29, 0.717) is 18.9 Å². The summed E-state index contributed by atoms with van der Waals surface area (Å²) in [5.74, 6) is 0.506. The van der Waals surface area contributed by atoms with Gasteiger partial charge >= 0.3 is 6.03 Å². The molecular formula is C14H23N3O2S. The minimum Gasteiger partial charge on any atom is -0.391 e. The number of hydrogen-bond acceptors (Lipinski definition) is 4. The molecule has 5 nitrogen and oxygen atoms in total. The zero-order chi connectivity index (χ0) is 14.5. The fourth-order valence-corrected chi connectivity index (χ4v) is 3.10. The van der Waals surface area contributed by atoms with Crippen molar-refractivity contribution in [2.45, 2.75) is 51.7 Å². The van der Waals surface area contributed by atoms with Crippen LogP contribution in [0.2, 0.25) is 0 Å². The van der Waals surface area contributed by atoms with Crippen LogP contribution in [0.15, 0.2) is 5.38 Å². The molecule has 0 saturated heterocycles. The number of thiazole rings is 1. The van der Waals surface area contributed by atoms with Gasteiger partial charge in [-0.2, -0.15) is 0 Å². The van der Waals surface area contributed by atoms with Gasteiger partial charge in [-0.1, -0.05) is 13.3 Å². The van der Waals surface area contributed by atoms with Crippen LogP contribution in [0, 0.1) is 12.8 Å². The van der Waals surface area contributed by atoms with Crippen molar-refractivity contribution in [3.05, 3.63) is 16.1 Å². The molecule has 2 rings (SSSR count). The summed E-state index contributed by atoms with van der Waals surface area (Å²) in [7, 11) is 0. The number of rotatable bonds is 7. The van der Waals surface area contributed by atoms with Gasteiger partial charge in [0, 0.05) is 17.6 Å². The van der Waals surface area contributed by atoms with E-state index in [-0.39, 0.29) is 12.1 Å². The minimum atomic E-state index is -0.466. The highest BCUT2D eigenvalue weighted by atomic mass is 32.1. The Labute approximate surface area is 123 Å². The van der Waals surface area contributed by atoms with Crippen LogP contribution in [0.3, 0.4) is 0 Å². The van der Waals surface area contributed by atoms with Gasteiger partial charge in [0.15, 0.2) is 0 Å². The largest absolute Gasteiger partial charge is 0.391 e. The molecule has 1 aromatic heterocycles. The first-order valence-electron chi connectivity index (χ1n) is 7.24. The third-order valence-corrected chi connectivity index (χ3v) is 4.45. The van der Waals surface area contributed by atoms with E-state index in [1.165, 1.54) is 0 Å². The minimum absolute atomic E-state index is 0.0111. The second kappa shape index (κ2) is 7.04. The van der Waals surface area contributed by atoms with E-state index in [1.54, 1.807) is 11.3 Å². The zero-order valence-electron chi connectivity index (χ0n) is 12.1. The Bertz CT molecular complexity index is 445. The summed E-state index contributed by atoms with van der Waals surface area (Å²) < 4.78 is 0. The Morgan fingerprint density at radius 1 is 1.60 bits per heavy atom. The quantitative estimate of drug-likeness (QED) is 0.723. The summed E-state index contributed by atoms with van der Waals surface area (Å²) in [6.07, 6.45) is 3.43. The Morgan fingerprint density at radius 3 is 2.90 bits per heavy atom. The lowest BCUT2D eigenvalue weighted by atomic mass is 10.2. The number of aliphatic hydroxyl groups excluding tert-OH is 1. The maximum absolute atomic E-state index is 11.9. The van der Waals surface area contributed by atoms with Crippen molar-refractivity contribution in [3.8, 4) is 0 Å². The van der Waals surface area contributed by atoms with E-state index >= 15 is 0 Å². The van der Waals surface area contributed by atoms with E-state index in [4.69, 9.17) is 0 Å². The van der Waals surface area contributed by atoms with E-state index in [9.17, 15) is 9.90 Å². The smallest absolute Gasteiger partial charge is 0.315 e. The maximum Gasteiger partial charge on any atom is 0.315 e.